The number of aliphatic hydroxyl groups is 1. The molecule has 0 saturated heterocycles. The Morgan fingerprint density at radius 2 is 2.38 bits per heavy atom. The molecule has 1 rings (SSSR count). The number of aliphatic hydroxyl groups excluding tert-OH is 1. The highest BCUT2D eigenvalue weighted by atomic mass is 19.3. The van der Waals surface area contributed by atoms with E-state index in [-0.39, 0.29) is 12.5 Å². The Balaban J connectivity index is 2.37. The Morgan fingerprint density at radius 1 is 1.69 bits per heavy atom. The number of hydrogen-bond donors (Lipinski definition) is 3. The van der Waals surface area contributed by atoms with E-state index in [0.29, 0.717) is 0 Å². The van der Waals surface area contributed by atoms with Gasteiger partial charge in [-0.25, -0.2) is 18.4 Å². The third-order valence-electron chi connectivity index (χ3n) is 1.64. The van der Waals surface area contributed by atoms with Crippen molar-refractivity contribution in [2.75, 3.05) is 18.9 Å². The van der Waals surface area contributed by atoms with Crippen LogP contribution in [0.25, 0.3) is 0 Å². The lowest BCUT2D eigenvalue weighted by Crippen LogP contribution is -2.40. The van der Waals surface area contributed by atoms with Crippen molar-refractivity contribution >= 4 is 11.9 Å². The number of aromatic nitrogens is 3. The monoisotopic (exact) mass is 235 g/mol. The van der Waals surface area contributed by atoms with Crippen LogP contribution in [0.5, 0.6) is 0 Å². The van der Waals surface area contributed by atoms with Gasteiger partial charge in [0.1, 0.15) is 19.5 Å². The first-order chi connectivity index (χ1) is 7.43. The highest BCUT2D eigenvalue weighted by Crippen LogP contribution is 2.09. The van der Waals surface area contributed by atoms with Crippen LogP contribution < -0.4 is 11.1 Å². The second-order valence-electron chi connectivity index (χ2n) is 3.09. The average molecular weight is 235 g/mol. The zero-order valence-electron chi connectivity index (χ0n) is 8.23. The first-order valence-corrected chi connectivity index (χ1v) is 4.33. The summed E-state index contributed by atoms with van der Waals surface area (Å²) in [5.41, 5.74) is 5.19. The Hall–Kier alpha value is -1.77. The molecule has 0 atom stereocenters. The maximum Gasteiger partial charge on any atom is 0.287 e. The Bertz CT molecular complexity index is 367. The smallest absolute Gasteiger partial charge is 0.287 e. The van der Waals surface area contributed by atoms with Crippen molar-refractivity contribution in [1.82, 2.24) is 20.1 Å². The fourth-order valence-corrected chi connectivity index (χ4v) is 0.872. The summed E-state index contributed by atoms with van der Waals surface area (Å²) < 4.78 is 26.2. The Labute approximate surface area is 89.3 Å². The van der Waals surface area contributed by atoms with E-state index in [0.717, 1.165) is 4.68 Å². The summed E-state index contributed by atoms with van der Waals surface area (Å²) in [5.74, 6) is -4.00. The van der Waals surface area contributed by atoms with Gasteiger partial charge in [0.25, 0.3) is 5.92 Å². The van der Waals surface area contributed by atoms with Crippen LogP contribution in [-0.4, -0.2) is 44.9 Å². The summed E-state index contributed by atoms with van der Waals surface area (Å²) >= 11 is 0. The molecule has 0 aliphatic heterocycles. The average Bonchev–Trinajstić information content (AvgIpc) is 2.61. The molecule has 1 aromatic heterocycles. The number of nitrogens with one attached hydrogen (secondary N) is 1. The highest BCUT2D eigenvalue weighted by molar-refractivity contribution is 5.75. The van der Waals surface area contributed by atoms with Gasteiger partial charge in [0.15, 0.2) is 0 Å². The molecule has 16 heavy (non-hydrogen) atoms. The van der Waals surface area contributed by atoms with Crippen LogP contribution in [0, 0.1) is 0 Å². The van der Waals surface area contributed by atoms with Crippen molar-refractivity contribution in [2.45, 2.75) is 12.5 Å². The predicted molar refractivity (Wildman–Crippen MR) is 49.5 cm³/mol. The minimum Gasteiger partial charge on any atom is -0.390 e. The summed E-state index contributed by atoms with van der Waals surface area (Å²) in [6.45, 7) is -2.50. The van der Waals surface area contributed by atoms with Crippen LogP contribution in [0.2, 0.25) is 0 Å². The largest absolute Gasteiger partial charge is 0.390 e. The van der Waals surface area contributed by atoms with E-state index in [9.17, 15) is 13.6 Å². The number of halogens is 2. The second-order valence-corrected chi connectivity index (χ2v) is 3.09. The Morgan fingerprint density at radius 3 is 2.88 bits per heavy atom. The van der Waals surface area contributed by atoms with Gasteiger partial charge in [-0.2, -0.15) is 0 Å². The molecule has 0 spiro atoms. The van der Waals surface area contributed by atoms with Gasteiger partial charge in [0.05, 0.1) is 6.54 Å². The van der Waals surface area contributed by atoms with E-state index in [1.54, 1.807) is 0 Å². The SMILES string of the molecule is Nc1ncn(CC(=O)NCC(F)(F)CO)n1. The van der Waals surface area contributed by atoms with Gasteiger partial charge in [-0.1, -0.05) is 0 Å². The van der Waals surface area contributed by atoms with Gasteiger partial charge >= 0.3 is 0 Å². The quantitative estimate of drug-likeness (QED) is 0.582. The number of carbonyl (C=O) groups is 1. The van der Waals surface area contributed by atoms with E-state index in [1.165, 1.54) is 6.33 Å². The van der Waals surface area contributed by atoms with Crippen molar-refractivity contribution < 1.29 is 18.7 Å². The fourth-order valence-electron chi connectivity index (χ4n) is 0.872. The van der Waals surface area contributed by atoms with Crippen LogP contribution >= 0.6 is 0 Å². The van der Waals surface area contributed by atoms with E-state index >= 15 is 0 Å². The normalized spacial score (nSPS) is 11.4. The van der Waals surface area contributed by atoms with Gasteiger partial charge < -0.3 is 16.2 Å². The lowest BCUT2D eigenvalue weighted by atomic mass is 10.3. The summed E-state index contributed by atoms with van der Waals surface area (Å²) in [6.07, 6.45) is 1.21. The topological polar surface area (TPSA) is 106 Å². The molecule has 7 nitrogen and oxygen atoms in total. The summed E-state index contributed by atoms with van der Waals surface area (Å²) in [6, 6.07) is 0. The minimum absolute atomic E-state index is 0.00603. The van der Waals surface area contributed by atoms with Gasteiger partial charge in [0, 0.05) is 0 Å². The minimum atomic E-state index is -3.32. The number of nitrogens with two attached hydrogens (primary N) is 1. The van der Waals surface area contributed by atoms with Gasteiger partial charge in [0.2, 0.25) is 11.9 Å². The molecular weight excluding hydrogens is 224 g/mol. The molecule has 0 radical (unpaired) electrons. The molecule has 9 heteroatoms. The van der Waals surface area contributed by atoms with E-state index in [4.69, 9.17) is 10.8 Å². The molecule has 0 aliphatic rings. The molecule has 0 fully saturated rings. The van der Waals surface area contributed by atoms with Crippen LogP contribution in [0.1, 0.15) is 0 Å². The molecule has 0 aromatic carbocycles. The number of nitrogens with zero attached hydrogens (tertiary/aromatic N) is 3. The maximum absolute atomic E-state index is 12.5. The zero-order chi connectivity index (χ0) is 12.2. The molecule has 0 bridgehead atoms. The van der Waals surface area contributed by atoms with Crippen LogP contribution in [-0.2, 0) is 11.3 Å². The first-order valence-electron chi connectivity index (χ1n) is 4.33. The van der Waals surface area contributed by atoms with Crippen molar-refractivity contribution in [3.63, 3.8) is 0 Å². The van der Waals surface area contributed by atoms with Crippen molar-refractivity contribution in [3.05, 3.63) is 6.33 Å². The van der Waals surface area contributed by atoms with E-state index < -0.39 is 25.0 Å². The lowest BCUT2D eigenvalue weighted by molar-refractivity contribution is -0.124. The van der Waals surface area contributed by atoms with Crippen LogP contribution in [0.4, 0.5) is 14.7 Å². The second kappa shape index (κ2) is 4.84. The van der Waals surface area contributed by atoms with Crippen molar-refractivity contribution in [2.24, 2.45) is 0 Å². The van der Waals surface area contributed by atoms with Gasteiger partial charge in [-0.05, 0) is 0 Å². The molecule has 1 aromatic rings. The summed E-state index contributed by atoms with van der Waals surface area (Å²) in [4.78, 5) is 14.7. The number of anilines is 1. The molecule has 90 valence electrons. The first kappa shape index (κ1) is 12.3. The lowest BCUT2D eigenvalue weighted by Gasteiger charge is -2.13. The number of carbonyl (C=O) groups excluding carboxylic acids is 1. The van der Waals surface area contributed by atoms with E-state index in [2.05, 4.69) is 10.1 Å². The highest BCUT2D eigenvalue weighted by Gasteiger charge is 2.28. The van der Waals surface area contributed by atoms with E-state index in [1.807, 2.05) is 5.32 Å². The molecule has 0 unspecified atom stereocenters. The standard InChI is InChI=1S/C7H11F2N5O2/c8-7(9,3-15)2-11-5(16)1-14-4-12-6(10)13-14/h4,15H,1-3H2,(H2,10,13)(H,11,16). The molecule has 0 saturated carbocycles. The molecule has 0 aliphatic carbocycles. The fraction of sp³-hybridized carbons (Fsp3) is 0.571. The van der Waals surface area contributed by atoms with Gasteiger partial charge in [-0.3, -0.25) is 4.79 Å². The van der Waals surface area contributed by atoms with Gasteiger partial charge in [-0.15, -0.1) is 5.10 Å². The summed E-state index contributed by atoms with van der Waals surface area (Å²) in [7, 11) is 0. The third kappa shape index (κ3) is 3.77. The number of nitrogen functional groups attached to an aromatic ring is 1. The predicted octanol–water partition coefficient (Wildman–Crippen LogP) is -1.40. The Kier molecular flexibility index (Phi) is 3.72. The zero-order valence-corrected chi connectivity index (χ0v) is 8.23. The molecule has 4 N–H and O–H groups in total. The number of rotatable bonds is 5. The third-order valence-corrected chi connectivity index (χ3v) is 1.64. The van der Waals surface area contributed by atoms with Crippen molar-refractivity contribution in [1.29, 1.82) is 0 Å². The van der Waals surface area contributed by atoms with Crippen molar-refractivity contribution in [3.8, 4) is 0 Å². The number of hydrogen-bond acceptors (Lipinski definition) is 5. The molecule has 1 amide bonds. The number of alkyl halides is 2. The summed E-state index contributed by atoms with van der Waals surface area (Å²) in [5, 5.41) is 13.8. The van der Waals surface area contributed by atoms with Crippen LogP contribution in [0.15, 0.2) is 6.33 Å². The number of amides is 1. The molecule has 1 heterocycles. The maximum atomic E-state index is 12.5. The molecular formula is C7H11F2N5O2. The van der Waals surface area contributed by atoms with Crippen LogP contribution in [0.3, 0.4) is 0 Å².